The van der Waals surface area contributed by atoms with E-state index in [2.05, 4.69) is 20.6 Å². The van der Waals surface area contributed by atoms with Gasteiger partial charge in [-0.3, -0.25) is 0 Å². The molecule has 0 radical (unpaired) electrons. The zero-order valence-electron chi connectivity index (χ0n) is 14.1. The van der Waals surface area contributed by atoms with Crippen LogP contribution < -0.4 is 10.6 Å². The second kappa shape index (κ2) is 7.88. The first kappa shape index (κ1) is 17.8. The van der Waals surface area contributed by atoms with Gasteiger partial charge in [0.2, 0.25) is 5.95 Å². The maximum absolute atomic E-state index is 13.9. The second-order valence-corrected chi connectivity index (χ2v) is 5.81. The average Bonchev–Trinajstić information content (AvgIpc) is 2.64. The van der Waals surface area contributed by atoms with Gasteiger partial charge in [0.05, 0.1) is 18.0 Å². The molecular weight excluding hydrogens is 338 g/mol. The van der Waals surface area contributed by atoms with Gasteiger partial charge in [-0.2, -0.15) is 4.98 Å². The van der Waals surface area contributed by atoms with E-state index in [1.54, 1.807) is 13.0 Å². The quantitative estimate of drug-likeness (QED) is 0.624. The molecule has 1 atom stereocenters. The number of aromatic nitrogens is 2. The summed E-state index contributed by atoms with van der Waals surface area (Å²) < 4.78 is 27.0. The van der Waals surface area contributed by atoms with Crippen molar-refractivity contribution in [2.45, 2.75) is 13.0 Å². The molecule has 3 N–H and O–H groups in total. The fourth-order valence-corrected chi connectivity index (χ4v) is 2.33. The molecule has 0 amide bonds. The van der Waals surface area contributed by atoms with Crippen molar-refractivity contribution in [3.05, 3.63) is 66.2 Å². The molecule has 0 fully saturated rings. The second-order valence-electron chi connectivity index (χ2n) is 5.81. The molecule has 26 heavy (non-hydrogen) atoms. The van der Waals surface area contributed by atoms with Crippen LogP contribution in [0, 0.1) is 11.6 Å². The first-order chi connectivity index (χ1) is 12.5. The van der Waals surface area contributed by atoms with E-state index in [0.717, 1.165) is 17.7 Å². The Morgan fingerprint density at radius 1 is 1.04 bits per heavy atom. The van der Waals surface area contributed by atoms with Crippen LogP contribution in [-0.2, 0) is 0 Å². The van der Waals surface area contributed by atoms with Crippen molar-refractivity contribution in [2.75, 3.05) is 17.2 Å². The molecule has 0 aliphatic rings. The Bertz CT molecular complexity index is 890. The van der Waals surface area contributed by atoms with Crippen molar-refractivity contribution in [2.24, 2.45) is 0 Å². The third-order valence-electron chi connectivity index (χ3n) is 3.64. The Labute approximate surface area is 149 Å². The molecule has 5 nitrogen and oxygen atoms in total. The molecule has 3 rings (SSSR count). The summed E-state index contributed by atoms with van der Waals surface area (Å²) in [7, 11) is 0. The summed E-state index contributed by atoms with van der Waals surface area (Å²) in [5.74, 6) is -0.738. The minimum atomic E-state index is -0.719. The largest absolute Gasteiger partial charge is 0.394 e. The summed E-state index contributed by atoms with van der Waals surface area (Å²) in [5, 5.41) is 15.1. The van der Waals surface area contributed by atoms with Crippen LogP contribution in [0.2, 0.25) is 0 Å². The first-order valence-corrected chi connectivity index (χ1v) is 8.09. The number of anilines is 3. The number of halogens is 2. The van der Waals surface area contributed by atoms with Gasteiger partial charge in [-0.25, -0.2) is 13.8 Å². The van der Waals surface area contributed by atoms with Gasteiger partial charge < -0.3 is 15.7 Å². The standard InChI is InChI=1S/C19H18F2N4O/c1-12(11-26)22-19-24-17(13-5-3-2-4-6-13)10-18(25-19)23-16-8-7-14(20)9-15(16)21/h2-10,12,26H,11H2,1H3,(H2,22,23,24,25)/t12-/m1/s1. The molecule has 0 aliphatic carbocycles. The zero-order chi connectivity index (χ0) is 18.5. The highest BCUT2D eigenvalue weighted by Crippen LogP contribution is 2.25. The van der Waals surface area contributed by atoms with Crippen LogP contribution >= 0.6 is 0 Å². The third-order valence-corrected chi connectivity index (χ3v) is 3.64. The Kier molecular flexibility index (Phi) is 5.38. The van der Waals surface area contributed by atoms with Gasteiger partial charge in [0.1, 0.15) is 17.5 Å². The molecule has 0 saturated heterocycles. The summed E-state index contributed by atoms with van der Waals surface area (Å²) in [5.41, 5.74) is 1.58. The summed E-state index contributed by atoms with van der Waals surface area (Å²) >= 11 is 0. The summed E-state index contributed by atoms with van der Waals surface area (Å²) in [6, 6.07) is 14.1. The van der Waals surface area contributed by atoms with E-state index in [9.17, 15) is 13.9 Å². The molecule has 1 aromatic heterocycles. The molecule has 1 heterocycles. The molecule has 0 aliphatic heterocycles. The molecule has 0 saturated carbocycles. The lowest BCUT2D eigenvalue weighted by molar-refractivity contribution is 0.281. The van der Waals surface area contributed by atoms with E-state index < -0.39 is 11.6 Å². The maximum Gasteiger partial charge on any atom is 0.225 e. The highest BCUT2D eigenvalue weighted by atomic mass is 19.1. The topological polar surface area (TPSA) is 70.1 Å². The van der Waals surface area contributed by atoms with Gasteiger partial charge in [-0.05, 0) is 19.1 Å². The predicted octanol–water partition coefficient (Wildman–Crippen LogP) is 3.96. The number of hydrogen-bond acceptors (Lipinski definition) is 5. The van der Waals surface area contributed by atoms with Crippen molar-refractivity contribution in [1.29, 1.82) is 0 Å². The first-order valence-electron chi connectivity index (χ1n) is 8.09. The Hall–Kier alpha value is -3.06. The third kappa shape index (κ3) is 4.31. The van der Waals surface area contributed by atoms with Crippen molar-refractivity contribution in [3.63, 3.8) is 0 Å². The van der Waals surface area contributed by atoms with Gasteiger partial charge in [-0.15, -0.1) is 0 Å². The Morgan fingerprint density at radius 2 is 1.81 bits per heavy atom. The van der Waals surface area contributed by atoms with Crippen molar-refractivity contribution in [1.82, 2.24) is 9.97 Å². The van der Waals surface area contributed by atoms with Gasteiger partial charge in [0.15, 0.2) is 0 Å². The van der Waals surface area contributed by atoms with E-state index in [1.165, 1.54) is 6.07 Å². The van der Waals surface area contributed by atoms with Gasteiger partial charge in [0.25, 0.3) is 0 Å². The number of aliphatic hydroxyl groups is 1. The normalized spacial score (nSPS) is 11.8. The van der Waals surface area contributed by atoms with Crippen LogP contribution in [-0.4, -0.2) is 27.7 Å². The number of benzene rings is 2. The van der Waals surface area contributed by atoms with E-state index in [-0.39, 0.29) is 24.3 Å². The van der Waals surface area contributed by atoms with Gasteiger partial charge in [0, 0.05) is 23.7 Å². The fourth-order valence-electron chi connectivity index (χ4n) is 2.33. The molecule has 3 aromatic rings. The average molecular weight is 356 g/mol. The summed E-state index contributed by atoms with van der Waals surface area (Å²) in [6.45, 7) is 1.69. The summed E-state index contributed by atoms with van der Waals surface area (Å²) in [6.07, 6.45) is 0. The van der Waals surface area contributed by atoms with Crippen LogP contribution in [0.1, 0.15) is 6.92 Å². The van der Waals surface area contributed by atoms with Crippen LogP contribution in [0.25, 0.3) is 11.3 Å². The minimum Gasteiger partial charge on any atom is -0.394 e. The van der Waals surface area contributed by atoms with Crippen molar-refractivity contribution in [3.8, 4) is 11.3 Å². The lowest BCUT2D eigenvalue weighted by Crippen LogP contribution is -2.21. The maximum atomic E-state index is 13.9. The lowest BCUT2D eigenvalue weighted by atomic mass is 10.1. The highest BCUT2D eigenvalue weighted by Gasteiger charge is 2.11. The lowest BCUT2D eigenvalue weighted by Gasteiger charge is -2.14. The van der Waals surface area contributed by atoms with E-state index in [0.29, 0.717) is 11.5 Å². The molecule has 7 heteroatoms. The van der Waals surface area contributed by atoms with Crippen LogP contribution in [0.5, 0.6) is 0 Å². The van der Waals surface area contributed by atoms with Crippen LogP contribution in [0.3, 0.4) is 0 Å². The molecule has 0 bridgehead atoms. The number of rotatable bonds is 6. The van der Waals surface area contributed by atoms with Gasteiger partial charge >= 0.3 is 0 Å². The number of nitrogens with one attached hydrogen (secondary N) is 2. The molecule has 0 spiro atoms. The van der Waals surface area contributed by atoms with Crippen molar-refractivity contribution >= 4 is 17.5 Å². The van der Waals surface area contributed by atoms with Crippen LogP contribution in [0.15, 0.2) is 54.6 Å². The molecular formula is C19H18F2N4O. The SMILES string of the molecule is C[C@H](CO)Nc1nc(Nc2ccc(F)cc2F)cc(-c2ccccc2)n1. The van der Waals surface area contributed by atoms with E-state index in [4.69, 9.17) is 0 Å². The van der Waals surface area contributed by atoms with E-state index >= 15 is 0 Å². The number of hydrogen-bond donors (Lipinski definition) is 3. The van der Waals surface area contributed by atoms with E-state index in [1.807, 2.05) is 30.3 Å². The Morgan fingerprint density at radius 3 is 2.50 bits per heavy atom. The number of nitrogens with zero attached hydrogens (tertiary/aromatic N) is 2. The predicted molar refractivity (Wildman–Crippen MR) is 97.3 cm³/mol. The van der Waals surface area contributed by atoms with Gasteiger partial charge in [-0.1, -0.05) is 30.3 Å². The molecule has 2 aromatic carbocycles. The molecule has 0 unspecified atom stereocenters. The summed E-state index contributed by atoms with van der Waals surface area (Å²) in [4.78, 5) is 8.74. The highest BCUT2D eigenvalue weighted by molar-refractivity contribution is 5.67. The van der Waals surface area contributed by atoms with Crippen LogP contribution in [0.4, 0.5) is 26.2 Å². The zero-order valence-corrected chi connectivity index (χ0v) is 14.1. The Balaban J connectivity index is 1.98. The molecule has 134 valence electrons. The van der Waals surface area contributed by atoms with Crippen molar-refractivity contribution < 1.29 is 13.9 Å². The smallest absolute Gasteiger partial charge is 0.225 e. The minimum absolute atomic E-state index is 0.0890. The fraction of sp³-hybridized carbons (Fsp3) is 0.158. The monoisotopic (exact) mass is 356 g/mol. The number of aliphatic hydroxyl groups excluding tert-OH is 1.